The molecule has 0 bridgehead atoms. The molecule has 1 aromatic heterocycles. The normalized spacial score (nSPS) is 17.7. The second-order valence-corrected chi connectivity index (χ2v) is 8.22. The van der Waals surface area contributed by atoms with Crippen LogP contribution in [-0.2, 0) is 18.3 Å². The summed E-state index contributed by atoms with van der Waals surface area (Å²) in [6.07, 6.45) is 5.33. The second-order valence-electron chi connectivity index (χ2n) is 8.22. The van der Waals surface area contributed by atoms with Gasteiger partial charge < -0.3 is 24.3 Å². The third-order valence-corrected chi connectivity index (χ3v) is 5.70. The fraction of sp³-hybridized carbons (Fsp3) is 0.400. The maximum atomic E-state index is 5.94. The minimum Gasteiger partial charge on any atom is -0.491 e. The van der Waals surface area contributed by atoms with Gasteiger partial charge in [-0.1, -0.05) is 6.07 Å². The molecule has 1 unspecified atom stereocenters. The molecule has 0 aliphatic carbocycles. The molecular formula is C25H29N3O4. The molecule has 0 saturated carbocycles. The van der Waals surface area contributed by atoms with Crippen LogP contribution in [0.4, 0.5) is 5.69 Å². The quantitative estimate of drug-likeness (QED) is 0.593. The van der Waals surface area contributed by atoms with Crippen molar-refractivity contribution in [3.8, 4) is 28.5 Å². The first-order valence-corrected chi connectivity index (χ1v) is 11.3. The minimum absolute atomic E-state index is 0.208. The molecule has 1 atom stereocenters. The van der Waals surface area contributed by atoms with Crippen LogP contribution in [0.2, 0.25) is 0 Å². The van der Waals surface area contributed by atoms with Crippen LogP contribution in [0.5, 0.6) is 17.2 Å². The number of benzene rings is 2. The van der Waals surface area contributed by atoms with Gasteiger partial charge in [-0.25, -0.2) is 0 Å². The van der Waals surface area contributed by atoms with E-state index in [9.17, 15) is 0 Å². The molecule has 3 aromatic rings. The fourth-order valence-electron chi connectivity index (χ4n) is 4.08. The molecule has 0 spiro atoms. The number of anilines is 1. The molecule has 5 rings (SSSR count). The number of aromatic nitrogens is 2. The Morgan fingerprint density at radius 1 is 1.06 bits per heavy atom. The van der Waals surface area contributed by atoms with Crippen LogP contribution in [-0.4, -0.2) is 42.3 Å². The zero-order valence-corrected chi connectivity index (χ0v) is 18.4. The molecule has 32 heavy (non-hydrogen) atoms. The monoisotopic (exact) mass is 435 g/mol. The Morgan fingerprint density at radius 2 is 1.97 bits per heavy atom. The van der Waals surface area contributed by atoms with Crippen molar-refractivity contribution in [2.75, 3.05) is 31.7 Å². The van der Waals surface area contributed by atoms with Crippen LogP contribution >= 0.6 is 0 Å². The summed E-state index contributed by atoms with van der Waals surface area (Å²) in [4.78, 5) is 0. The molecule has 1 saturated heterocycles. The Kier molecular flexibility index (Phi) is 6.16. The third-order valence-electron chi connectivity index (χ3n) is 5.70. The van der Waals surface area contributed by atoms with Crippen molar-refractivity contribution < 1.29 is 18.9 Å². The lowest BCUT2D eigenvalue weighted by atomic mass is 10.1. The van der Waals surface area contributed by atoms with Crippen molar-refractivity contribution in [3.63, 3.8) is 0 Å². The van der Waals surface area contributed by atoms with E-state index in [0.717, 1.165) is 65.6 Å². The van der Waals surface area contributed by atoms with E-state index < -0.39 is 0 Å². The first kappa shape index (κ1) is 20.7. The number of rotatable bonds is 7. The third kappa shape index (κ3) is 4.83. The minimum atomic E-state index is 0.208. The lowest BCUT2D eigenvalue weighted by Gasteiger charge is -2.13. The Labute approximate surface area is 188 Å². The van der Waals surface area contributed by atoms with Crippen molar-refractivity contribution in [3.05, 3.63) is 54.2 Å². The average molecular weight is 436 g/mol. The van der Waals surface area contributed by atoms with Gasteiger partial charge >= 0.3 is 0 Å². The summed E-state index contributed by atoms with van der Waals surface area (Å²) in [6.45, 7) is 3.43. The molecule has 0 amide bonds. The molecule has 2 aromatic carbocycles. The first-order chi connectivity index (χ1) is 15.7. The predicted octanol–water partition coefficient (Wildman–Crippen LogP) is 4.42. The number of hydrogen-bond acceptors (Lipinski definition) is 6. The fourth-order valence-corrected chi connectivity index (χ4v) is 4.08. The van der Waals surface area contributed by atoms with Gasteiger partial charge in [0.05, 0.1) is 25.0 Å². The molecule has 7 heteroatoms. The number of hydrogen-bond donors (Lipinski definition) is 1. The van der Waals surface area contributed by atoms with Crippen molar-refractivity contribution in [1.82, 2.24) is 9.78 Å². The highest BCUT2D eigenvalue weighted by atomic mass is 16.5. The van der Waals surface area contributed by atoms with E-state index in [2.05, 4.69) is 5.32 Å². The van der Waals surface area contributed by atoms with E-state index >= 15 is 0 Å². The number of ether oxygens (including phenoxy) is 4. The van der Waals surface area contributed by atoms with Gasteiger partial charge in [-0.2, -0.15) is 5.10 Å². The SMILES string of the molecule is Cn1cc(CNc2cccc(OCC3CCCO3)c2)c(-c2ccc3c(c2)OCCCO3)n1. The summed E-state index contributed by atoms with van der Waals surface area (Å²) in [5.41, 5.74) is 4.05. The van der Waals surface area contributed by atoms with E-state index in [0.29, 0.717) is 26.4 Å². The maximum absolute atomic E-state index is 5.94. The topological polar surface area (TPSA) is 66.8 Å². The Balaban J connectivity index is 1.28. The van der Waals surface area contributed by atoms with Gasteiger partial charge in [0, 0.05) is 55.7 Å². The van der Waals surface area contributed by atoms with Crippen LogP contribution < -0.4 is 19.5 Å². The van der Waals surface area contributed by atoms with Gasteiger partial charge in [0.1, 0.15) is 12.4 Å². The van der Waals surface area contributed by atoms with E-state index in [1.165, 1.54) is 0 Å². The Morgan fingerprint density at radius 3 is 2.84 bits per heavy atom. The summed E-state index contributed by atoms with van der Waals surface area (Å²) in [6, 6.07) is 14.1. The summed E-state index contributed by atoms with van der Waals surface area (Å²) in [5, 5.41) is 8.20. The van der Waals surface area contributed by atoms with Crippen LogP contribution in [0, 0.1) is 0 Å². The van der Waals surface area contributed by atoms with Crippen molar-refractivity contribution in [2.24, 2.45) is 7.05 Å². The van der Waals surface area contributed by atoms with E-state index in [1.54, 1.807) is 0 Å². The predicted molar refractivity (Wildman–Crippen MR) is 122 cm³/mol. The van der Waals surface area contributed by atoms with Gasteiger partial charge in [0.15, 0.2) is 11.5 Å². The van der Waals surface area contributed by atoms with Crippen molar-refractivity contribution >= 4 is 5.69 Å². The van der Waals surface area contributed by atoms with Gasteiger partial charge in [0.2, 0.25) is 0 Å². The van der Waals surface area contributed by atoms with E-state index in [4.69, 9.17) is 24.0 Å². The number of nitrogens with one attached hydrogen (secondary N) is 1. The lowest BCUT2D eigenvalue weighted by molar-refractivity contribution is 0.0680. The summed E-state index contributed by atoms with van der Waals surface area (Å²) in [5.74, 6) is 2.42. The highest BCUT2D eigenvalue weighted by Gasteiger charge is 2.17. The van der Waals surface area contributed by atoms with Crippen molar-refractivity contribution in [1.29, 1.82) is 0 Å². The van der Waals surface area contributed by atoms with Gasteiger partial charge in [-0.3, -0.25) is 4.68 Å². The molecule has 0 radical (unpaired) electrons. The smallest absolute Gasteiger partial charge is 0.161 e. The largest absolute Gasteiger partial charge is 0.491 e. The number of aryl methyl sites for hydroxylation is 1. The Bertz CT molecular complexity index is 1060. The van der Waals surface area contributed by atoms with E-state index in [-0.39, 0.29) is 6.10 Å². The molecule has 2 aliphatic heterocycles. The molecule has 2 aliphatic rings. The first-order valence-electron chi connectivity index (χ1n) is 11.3. The molecule has 1 fully saturated rings. The van der Waals surface area contributed by atoms with E-state index in [1.807, 2.05) is 60.4 Å². The molecule has 168 valence electrons. The van der Waals surface area contributed by atoms with Gasteiger partial charge in [-0.05, 0) is 43.2 Å². The average Bonchev–Trinajstić information content (AvgIpc) is 3.40. The van der Waals surface area contributed by atoms with Crippen molar-refractivity contribution in [2.45, 2.75) is 31.9 Å². The van der Waals surface area contributed by atoms with Crippen LogP contribution in [0.3, 0.4) is 0 Å². The van der Waals surface area contributed by atoms with Gasteiger partial charge in [-0.15, -0.1) is 0 Å². The molecule has 1 N–H and O–H groups in total. The second kappa shape index (κ2) is 9.53. The van der Waals surface area contributed by atoms with Crippen LogP contribution in [0.25, 0.3) is 11.3 Å². The molecular weight excluding hydrogens is 406 g/mol. The standard InChI is InChI=1S/C25H29N3O4/c1-28-16-19(25(27-28)18-8-9-23-24(13-18)31-12-4-11-30-23)15-26-20-5-2-6-21(14-20)32-17-22-7-3-10-29-22/h2,5-6,8-9,13-14,16,22,26H,3-4,7,10-12,15,17H2,1H3. The maximum Gasteiger partial charge on any atom is 0.161 e. The summed E-state index contributed by atoms with van der Waals surface area (Å²) < 4.78 is 25.0. The number of nitrogens with zero attached hydrogens (tertiary/aromatic N) is 2. The van der Waals surface area contributed by atoms with Gasteiger partial charge in [0.25, 0.3) is 0 Å². The van der Waals surface area contributed by atoms with Crippen LogP contribution in [0.15, 0.2) is 48.7 Å². The molecule has 7 nitrogen and oxygen atoms in total. The molecule has 3 heterocycles. The zero-order valence-electron chi connectivity index (χ0n) is 18.4. The highest BCUT2D eigenvalue weighted by molar-refractivity contribution is 5.67. The summed E-state index contributed by atoms with van der Waals surface area (Å²) >= 11 is 0. The highest BCUT2D eigenvalue weighted by Crippen LogP contribution is 2.35. The summed E-state index contributed by atoms with van der Waals surface area (Å²) in [7, 11) is 1.94. The Hall–Kier alpha value is -3.19. The zero-order chi connectivity index (χ0) is 21.8. The number of fused-ring (bicyclic) bond motifs is 1. The lowest BCUT2D eigenvalue weighted by Crippen LogP contribution is -2.16. The van der Waals surface area contributed by atoms with Crippen LogP contribution in [0.1, 0.15) is 24.8 Å².